The zero-order valence-corrected chi connectivity index (χ0v) is 13.6. The van der Waals surface area contributed by atoms with Crippen molar-refractivity contribution in [1.82, 2.24) is 20.0 Å². The summed E-state index contributed by atoms with van der Waals surface area (Å²) in [4.78, 5) is 14.2. The van der Waals surface area contributed by atoms with Crippen molar-refractivity contribution in [3.05, 3.63) is 53.9 Å². The van der Waals surface area contributed by atoms with E-state index in [1.54, 1.807) is 6.20 Å². The maximum absolute atomic E-state index is 12.3. The molecule has 2 aromatic rings. The van der Waals surface area contributed by atoms with Crippen molar-refractivity contribution in [3.8, 4) is 0 Å². The number of hydrogen-bond donors (Lipinski definition) is 1. The highest BCUT2D eigenvalue weighted by molar-refractivity contribution is 5.94. The largest absolute Gasteiger partial charge is 0.339 e. The summed E-state index contributed by atoms with van der Waals surface area (Å²) < 4.78 is 1.93. The van der Waals surface area contributed by atoms with Gasteiger partial charge in [-0.15, -0.1) is 0 Å². The number of hydrogen-bond acceptors (Lipinski definition) is 3. The van der Waals surface area contributed by atoms with Crippen LogP contribution in [-0.2, 0) is 13.1 Å². The fraction of sp³-hybridized carbons (Fsp3) is 0.444. The van der Waals surface area contributed by atoms with E-state index in [0.717, 1.165) is 44.6 Å². The third kappa shape index (κ3) is 4.20. The van der Waals surface area contributed by atoms with Gasteiger partial charge in [-0.3, -0.25) is 9.48 Å². The van der Waals surface area contributed by atoms with Crippen LogP contribution in [0.15, 0.2) is 42.7 Å². The summed E-state index contributed by atoms with van der Waals surface area (Å²) in [5, 5.41) is 7.70. The normalized spacial score (nSPS) is 15.8. The highest BCUT2D eigenvalue weighted by atomic mass is 16.2. The van der Waals surface area contributed by atoms with Crippen LogP contribution in [0.2, 0.25) is 0 Å². The number of carbonyl (C=O) groups is 1. The lowest BCUT2D eigenvalue weighted by atomic mass is 10.1. The van der Waals surface area contributed by atoms with E-state index >= 15 is 0 Å². The number of carbonyl (C=O) groups excluding carboxylic acids is 1. The first kappa shape index (κ1) is 15.7. The quantitative estimate of drug-likeness (QED) is 0.890. The molecule has 5 nitrogen and oxygen atoms in total. The van der Waals surface area contributed by atoms with Gasteiger partial charge in [-0.05, 0) is 43.5 Å². The minimum Gasteiger partial charge on any atom is -0.339 e. The first-order valence-electron chi connectivity index (χ1n) is 8.31. The number of benzene rings is 1. The number of rotatable bonds is 6. The van der Waals surface area contributed by atoms with E-state index in [2.05, 4.69) is 17.3 Å². The molecule has 1 aromatic heterocycles. The molecule has 5 heteroatoms. The second-order valence-corrected chi connectivity index (χ2v) is 6.21. The van der Waals surface area contributed by atoms with E-state index < -0.39 is 0 Å². The molecule has 1 fully saturated rings. The number of aromatic nitrogens is 2. The van der Waals surface area contributed by atoms with Crippen LogP contribution in [0.25, 0.3) is 0 Å². The molecule has 2 heterocycles. The third-order valence-corrected chi connectivity index (χ3v) is 4.27. The SMILES string of the molecule is CC(Cn1cccn1)NCc1ccc(C(=O)N2CCCC2)cc1. The summed E-state index contributed by atoms with van der Waals surface area (Å²) in [6.07, 6.45) is 6.02. The van der Waals surface area contributed by atoms with E-state index in [-0.39, 0.29) is 5.91 Å². The van der Waals surface area contributed by atoms with Crippen molar-refractivity contribution in [1.29, 1.82) is 0 Å². The lowest BCUT2D eigenvalue weighted by Gasteiger charge is -2.16. The van der Waals surface area contributed by atoms with Crippen LogP contribution in [0.1, 0.15) is 35.7 Å². The smallest absolute Gasteiger partial charge is 0.253 e. The predicted octanol–water partition coefficient (Wildman–Crippen LogP) is 2.30. The van der Waals surface area contributed by atoms with Crippen molar-refractivity contribution in [2.24, 2.45) is 0 Å². The molecule has 0 radical (unpaired) electrons. The Labute approximate surface area is 137 Å². The lowest BCUT2D eigenvalue weighted by molar-refractivity contribution is 0.0793. The molecule has 0 aliphatic carbocycles. The number of nitrogens with zero attached hydrogens (tertiary/aromatic N) is 3. The summed E-state index contributed by atoms with van der Waals surface area (Å²) >= 11 is 0. The Kier molecular flexibility index (Phi) is 5.08. The molecule has 1 N–H and O–H groups in total. The zero-order chi connectivity index (χ0) is 16.1. The van der Waals surface area contributed by atoms with Gasteiger partial charge in [0.15, 0.2) is 0 Å². The van der Waals surface area contributed by atoms with Gasteiger partial charge in [-0.2, -0.15) is 5.10 Å². The molecular weight excluding hydrogens is 288 g/mol. The molecule has 23 heavy (non-hydrogen) atoms. The van der Waals surface area contributed by atoms with Crippen molar-refractivity contribution >= 4 is 5.91 Å². The van der Waals surface area contributed by atoms with Crippen LogP contribution in [0.4, 0.5) is 0 Å². The zero-order valence-electron chi connectivity index (χ0n) is 13.6. The predicted molar refractivity (Wildman–Crippen MR) is 90.1 cm³/mol. The minimum atomic E-state index is 0.161. The van der Waals surface area contributed by atoms with Gasteiger partial charge in [0.2, 0.25) is 0 Å². The van der Waals surface area contributed by atoms with Gasteiger partial charge in [0.25, 0.3) is 5.91 Å². The van der Waals surface area contributed by atoms with Crippen molar-refractivity contribution in [3.63, 3.8) is 0 Å². The van der Waals surface area contributed by atoms with E-state index in [1.165, 1.54) is 5.56 Å². The van der Waals surface area contributed by atoms with Gasteiger partial charge in [-0.1, -0.05) is 12.1 Å². The van der Waals surface area contributed by atoms with Crippen molar-refractivity contribution in [2.75, 3.05) is 13.1 Å². The molecule has 1 aromatic carbocycles. The number of likely N-dealkylation sites (tertiary alicyclic amines) is 1. The van der Waals surface area contributed by atoms with Gasteiger partial charge < -0.3 is 10.2 Å². The average Bonchev–Trinajstić information content (AvgIpc) is 3.26. The Hall–Kier alpha value is -2.14. The molecule has 1 aliphatic rings. The summed E-state index contributed by atoms with van der Waals surface area (Å²) in [6, 6.07) is 10.2. The molecule has 1 unspecified atom stereocenters. The Morgan fingerprint density at radius 1 is 1.26 bits per heavy atom. The molecule has 0 spiro atoms. The Morgan fingerprint density at radius 3 is 2.65 bits per heavy atom. The van der Waals surface area contributed by atoms with Crippen molar-refractivity contribution in [2.45, 2.75) is 38.9 Å². The molecule has 1 saturated heterocycles. The second kappa shape index (κ2) is 7.42. The molecule has 122 valence electrons. The van der Waals surface area contributed by atoms with Gasteiger partial charge in [0, 0.05) is 43.6 Å². The van der Waals surface area contributed by atoms with Gasteiger partial charge >= 0.3 is 0 Å². The number of amides is 1. The third-order valence-electron chi connectivity index (χ3n) is 4.27. The Morgan fingerprint density at radius 2 is 2.00 bits per heavy atom. The standard InChI is InChI=1S/C18H24N4O/c1-15(14-22-12-4-9-20-22)19-13-16-5-7-17(8-6-16)18(23)21-10-2-3-11-21/h4-9,12,15,19H,2-3,10-11,13-14H2,1H3. The van der Waals surface area contributed by atoms with Crippen LogP contribution in [0, 0.1) is 0 Å². The first-order chi connectivity index (χ1) is 11.2. The molecule has 3 rings (SSSR count). The monoisotopic (exact) mass is 312 g/mol. The highest BCUT2D eigenvalue weighted by Gasteiger charge is 2.19. The van der Waals surface area contributed by atoms with Crippen molar-refractivity contribution < 1.29 is 4.79 Å². The molecule has 0 saturated carbocycles. The van der Waals surface area contributed by atoms with Crippen LogP contribution in [0.5, 0.6) is 0 Å². The van der Waals surface area contributed by atoms with Gasteiger partial charge in [-0.25, -0.2) is 0 Å². The second-order valence-electron chi connectivity index (χ2n) is 6.21. The molecule has 0 bridgehead atoms. The number of nitrogens with one attached hydrogen (secondary N) is 1. The summed E-state index contributed by atoms with van der Waals surface area (Å²) in [5.74, 6) is 0.161. The van der Waals surface area contributed by atoms with Crippen LogP contribution < -0.4 is 5.32 Å². The topological polar surface area (TPSA) is 50.2 Å². The van der Waals surface area contributed by atoms with E-state index in [1.807, 2.05) is 46.1 Å². The summed E-state index contributed by atoms with van der Waals surface area (Å²) in [7, 11) is 0. The van der Waals surface area contributed by atoms with Gasteiger partial charge in [0.1, 0.15) is 0 Å². The van der Waals surface area contributed by atoms with Gasteiger partial charge in [0.05, 0.1) is 6.54 Å². The summed E-state index contributed by atoms with van der Waals surface area (Å²) in [6.45, 7) is 5.58. The molecular formula is C18H24N4O. The maximum atomic E-state index is 12.3. The fourth-order valence-electron chi connectivity index (χ4n) is 2.91. The Balaban J connectivity index is 1.50. The summed E-state index contributed by atoms with van der Waals surface area (Å²) in [5.41, 5.74) is 1.98. The first-order valence-corrected chi connectivity index (χ1v) is 8.31. The lowest BCUT2D eigenvalue weighted by Crippen LogP contribution is -2.30. The maximum Gasteiger partial charge on any atom is 0.253 e. The fourth-order valence-corrected chi connectivity index (χ4v) is 2.91. The highest BCUT2D eigenvalue weighted by Crippen LogP contribution is 2.13. The van der Waals surface area contributed by atoms with Crippen LogP contribution in [0.3, 0.4) is 0 Å². The minimum absolute atomic E-state index is 0.161. The van der Waals surface area contributed by atoms with E-state index in [9.17, 15) is 4.79 Å². The van der Waals surface area contributed by atoms with Crippen LogP contribution in [-0.4, -0.2) is 39.7 Å². The Bertz CT molecular complexity index is 615. The molecule has 1 amide bonds. The van der Waals surface area contributed by atoms with Crippen LogP contribution >= 0.6 is 0 Å². The molecule has 1 atom stereocenters. The van der Waals surface area contributed by atoms with E-state index in [4.69, 9.17) is 0 Å². The molecule has 1 aliphatic heterocycles. The average molecular weight is 312 g/mol. The van der Waals surface area contributed by atoms with E-state index in [0.29, 0.717) is 6.04 Å².